The Labute approximate surface area is 201 Å². The number of nitrogens with zero attached hydrogens (tertiary/aromatic N) is 1. The highest BCUT2D eigenvalue weighted by Gasteiger charge is 2.27. The highest BCUT2D eigenvalue weighted by molar-refractivity contribution is 6.35. The first-order valence-electron chi connectivity index (χ1n) is 10.7. The Balaban J connectivity index is 2.24. The van der Waals surface area contributed by atoms with Crippen LogP contribution in [0.3, 0.4) is 0 Å². The zero-order valence-corrected chi connectivity index (χ0v) is 21.1. The van der Waals surface area contributed by atoms with E-state index < -0.39 is 6.04 Å². The molecule has 32 heavy (non-hydrogen) atoms. The fourth-order valence-electron chi connectivity index (χ4n) is 3.24. The quantitative estimate of drug-likeness (QED) is 0.518. The lowest BCUT2D eigenvalue weighted by Gasteiger charge is -2.29. The second kappa shape index (κ2) is 11.6. The normalized spacial score (nSPS) is 11.9. The first-order chi connectivity index (χ1) is 15.0. The van der Waals surface area contributed by atoms with E-state index in [1.165, 1.54) is 4.90 Å². The van der Waals surface area contributed by atoms with Gasteiger partial charge in [0.05, 0.1) is 0 Å². The molecule has 0 heterocycles. The lowest BCUT2D eigenvalue weighted by Crippen LogP contribution is -2.49. The van der Waals surface area contributed by atoms with E-state index in [-0.39, 0.29) is 25.0 Å². The minimum absolute atomic E-state index is 0.167. The van der Waals surface area contributed by atoms with E-state index in [1.807, 2.05) is 40.7 Å². The summed E-state index contributed by atoms with van der Waals surface area (Å²) in [6, 6.07) is 8.38. The number of hydrogen-bond acceptors (Lipinski definition) is 3. The molecule has 0 radical (unpaired) electrons. The lowest BCUT2D eigenvalue weighted by molar-refractivity contribution is -0.142. The Hall–Kier alpha value is -2.24. The van der Waals surface area contributed by atoms with Gasteiger partial charge in [-0.3, -0.25) is 9.59 Å². The Kier molecular flexibility index (Phi) is 9.41. The predicted octanol–water partition coefficient (Wildman–Crippen LogP) is 5.49. The molecule has 0 saturated heterocycles. The summed E-state index contributed by atoms with van der Waals surface area (Å²) >= 11 is 12.3. The summed E-state index contributed by atoms with van der Waals surface area (Å²) in [4.78, 5) is 27.4. The van der Waals surface area contributed by atoms with Crippen LogP contribution in [0.2, 0.25) is 10.0 Å². The number of ether oxygens (including phenoxy) is 1. The van der Waals surface area contributed by atoms with E-state index >= 15 is 0 Å². The number of halogens is 2. The van der Waals surface area contributed by atoms with Crippen molar-refractivity contribution in [3.05, 3.63) is 62.6 Å². The number of aryl methyl sites for hydroxylation is 2. The van der Waals surface area contributed by atoms with Crippen LogP contribution in [0.15, 0.2) is 30.3 Å². The van der Waals surface area contributed by atoms with Crippen LogP contribution in [0.4, 0.5) is 0 Å². The zero-order valence-electron chi connectivity index (χ0n) is 19.6. The number of amides is 2. The third-order valence-corrected chi connectivity index (χ3v) is 5.91. The van der Waals surface area contributed by atoms with E-state index in [0.717, 1.165) is 16.7 Å². The van der Waals surface area contributed by atoms with Crippen LogP contribution in [0, 0.1) is 26.7 Å². The Morgan fingerprint density at radius 3 is 2.38 bits per heavy atom. The summed E-state index contributed by atoms with van der Waals surface area (Å²) in [5.41, 5.74) is 3.84. The van der Waals surface area contributed by atoms with Crippen LogP contribution in [0.1, 0.15) is 43.0 Å². The molecule has 0 fully saturated rings. The highest BCUT2D eigenvalue weighted by Crippen LogP contribution is 2.25. The van der Waals surface area contributed by atoms with Crippen molar-refractivity contribution < 1.29 is 14.3 Å². The van der Waals surface area contributed by atoms with E-state index in [2.05, 4.69) is 11.4 Å². The Morgan fingerprint density at radius 2 is 1.75 bits per heavy atom. The van der Waals surface area contributed by atoms with Crippen molar-refractivity contribution in [1.82, 2.24) is 10.2 Å². The standard InChI is InChI=1S/C25H32Cl2N2O3/c1-15(2)12-28-25(31)19(6)29(13-20-7-8-21(26)11-22(20)27)24(30)14-32-23-10-16(3)9-17(4)18(23)5/h7-11,15,19H,12-14H2,1-6H3,(H,28,31)/t19-/m1/s1. The minimum Gasteiger partial charge on any atom is -0.483 e. The minimum atomic E-state index is -0.697. The average Bonchev–Trinajstić information content (AvgIpc) is 2.72. The number of nitrogens with one attached hydrogen (secondary N) is 1. The van der Waals surface area contributed by atoms with Crippen LogP contribution in [0.5, 0.6) is 5.75 Å². The SMILES string of the molecule is Cc1cc(C)c(C)c(OCC(=O)N(Cc2ccc(Cl)cc2Cl)[C@H](C)C(=O)NCC(C)C)c1. The number of carbonyl (C=O) groups excluding carboxylic acids is 2. The van der Waals surface area contributed by atoms with Gasteiger partial charge in [0.15, 0.2) is 6.61 Å². The molecule has 0 saturated carbocycles. The third-order valence-electron chi connectivity index (χ3n) is 5.32. The molecule has 0 bridgehead atoms. The topological polar surface area (TPSA) is 58.6 Å². The van der Waals surface area contributed by atoms with Gasteiger partial charge < -0.3 is 15.0 Å². The molecule has 0 unspecified atom stereocenters. The van der Waals surface area contributed by atoms with Crippen molar-refractivity contribution in [3.8, 4) is 5.75 Å². The van der Waals surface area contributed by atoms with Crippen LogP contribution >= 0.6 is 23.2 Å². The molecule has 0 aromatic heterocycles. The molecule has 2 amide bonds. The van der Waals surface area contributed by atoms with Gasteiger partial charge in [-0.05, 0) is 74.1 Å². The summed E-state index contributed by atoms with van der Waals surface area (Å²) in [6.07, 6.45) is 0. The van der Waals surface area contributed by atoms with Crippen molar-refractivity contribution in [3.63, 3.8) is 0 Å². The molecule has 1 atom stereocenters. The fraction of sp³-hybridized carbons (Fsp3) is 0.440. The third kappa shape index (κ3) is 7.14. The fourth-order valence-corrected chi connectivity index (χ4v) is 3.71. The molecule has 2 aromatic rings. The van der Waals surface area contributed by atoms with Gasteiger partial charge in [0.1, 0.15) is 11.8 Å². The molecule has 2 aromatic carbocycles. The number of hydrogen-bond donors (Lipinski definition) is 1. The average molecular weight is 479 g/mol. The maximum atomic E-state index is 13.2. The first-order valence-corrected chi connectivity index (χ1v) is 11.5. The van der Waals surface area contributed by atoms with Crippen molar-refractivity contribution >= 4 is 35.0 Å². The summed E-state index contributed by atoms with van der Waals surface area (Å²) in [7, 11) is 0. The van der Waals surface area contributed by atoms with Crippen molar-refractivity contribution in [1.29, 1.82) is 0 Å². The number of benzene rings is 2. The van der Waals surface area contributed by atoms with Gasteiger partial charge in [-0.2, -0.15) is 0 Å². The van der Waals surface area contributed by atoms with Crippen LogP contribution < -0.4 is 10.1 Å². The van der Waals surface area contributed by atoms with E-state index in [4.69, 9.17) is 27.9 Å². The monoisotopic (exact) mass is 478 g/mol. The van der Waals surface area contributed by atoms with Crippen molar-refractivity contribution in [2.45, 2.75) is 54.1 Å². The molecule has 2 rings (SSSR count). The molecule has 0 aliphatic carbocycles. The van der Waals surface area contributed by atoms with E-state index in [9.17, 15) is 9.59 Å². The summed E-state index contributed by atoms with van der Waals surface area (Å²) in [5.74, 6) is 0.440. The van der Waals surface area contributed by atoms with Crippen molar-refractivity contribution in [2.24, 2.45) is 5.92 Å². The van der Waals surface area contributed by atoms with Gasteiger partial charge >= 0.3 is 0 Å². The van der Waals surface area contributed by atoms with Gasteiger partial charge in [0, 0.05) is 23.1 Å². The molecule has 1 N–H and O–H groups in total. The van der Waals surface area contributed by atoms with Crippen LogP contribution in [-0.2, 0) is 16.1 Å². The Bertz CT molecular complexity index is 976. The van der Waals surface area contributed by atoms with Gasteiger partial charge in [-0.1, -0.05) is 49.2 Å². The van der Waals surface area contributed by atoms with Gasteiger partial charge in [0.2, 0.25) is 5.91 Å². The first kappa shape index (κ1) is 26.0. The molecule has 5 nitrogen and oxygen atoms in total. The lowest BCUT2D eigenvalue weighted by atomic mass is 10.1. The molecular formula is C25H32Cl2N2O3. The van der Waals surface area contributed by atoms with Crippen molar-refractivity contribution in [2.75, 3.05) is 13.2 Å². The largest absolute Gasteiger partial charge is 0.483 e. The molecule has 0 aliphatic heterocycles. The second-order valence-corrected chi connectivity index (χ2v) is 9.41. The molecule has 174 valence electrons. The van der Waals surface area contributed by atoms with Crippen LogP contribution in [-0.4, -0.2) is 35.9 Å². The highest BCUT2D eigenvalue weighted by atomic mass is 35.5. The van der Waals surface area contributed by atoms with Gasteiger partial charge in [0.25, 0.3) is 5.91 Å². The van der Waals surface area contributed by atoms with Gasteiger partial charge in [-0.15, -0.1) is 0 Å². The molecule has 0 aliphatic rings. The molecule has 7 heteroatoms. The summed E-state index contributed by atoms with van der Waals surface area (Å²) in [6.45, 7) is 12.2. The maximum Gasteiger partial charge on any atom is 0.261 e. The van der Waals surface area contributed by atoms with E-state index in [1.54, 1.807) is 25.1 Å². The molecular weight excluding hydrogens is 447 g/mol. The maximum absolute atomic E-state index is 13.2. The van der Waals surface area contributed by atoms with Crippen LogP contribution in [0.25, 0.3) is 0 Å². The summed E-state index contributed by atoms with van der Waals surface area (Å²) in [5, 5.41) is 3.85. The van der Waals surface area contributed by atoms with Gasteiger partial charge in [-0.25, -0.2) is 0 Å². The second-order valence-electron chi connectivity index (χ2n) is 8.57. The number of carbonyl (C=O) groups is 2. The zero-order chi connectivity index (χ0) is 24.0. The Morgan fingerprint density at radius 1 is 1.06 bits per heavy atom. The smallest absolute Gasteiger partial charge is 0.261 e. The number of rotatable bonds is 9. The predicted molar refractivity (Wildman–Crippen MR) is 130 cm³/mol. The molecule has 0 spiro atoms. The summed E-state index contributed by atoms with van der Waals surface area (Å²) < 4.78 is 5.88. The van der Waals surface area contributed by atoms with E-state index in [0.29, 0.717) is 33.8 Å².